The number of hydrogen-bond acceptors (Lipinski definition) is 4. The molecule has 1 aliphatic rings. The zero-order valence-electron chi connectivity index (χ0n) is 12.9. The molecule has 120 valence electrons. The molecule has 1 heterocycles. The van der Waals surface area contributed by atoms with Crippen molar-refractivity contribution >= 4 is 5.91 Å². The highest BCUT2D eigenvalue weighted by atomic mass is 16.5. The summed E-state index contributed by atoms with van der Waals surface area (Å²) in [6, 6.07) is 12.7. The quantitative estimate of drug-likeness (QED) is 0.890. The van der Waals surface area contributed by atoms with Crippen LogP contribution in [-0.4, -0.2) is 28.1 Å². The van der Waals surface area contributed by atoms with Gasteiger partial charge in [-0.1, -0.05) is 31.0 Å². The number of carbonyl (C=O) groups is 1. The lowest BCUT2D eigenvalue weighted by Crippen LogP contribution is -2.49. The van der Waals surface area contributed by atoms with Gasteiger partial charge in [-0.2, -0.15) is 0 Å². The van der Waals surface area contributed by atoms with Crippen LogP contribution in [0.5, 0.6) is 11.5 Å². The topological polar surface area (TPSA) is 71.5 Å². The number of rotatable bonds is 5. The summed E-state index contributed by atoms with van der Waals surface area (Å²) in [6.07, 6.45) is 5.19. The molecule has 0 aliphatic heterocycles. The van der Waals surface area contributed by atoms with Crippen molar-refractivity contribution in [2.75, 3.05) is 6.61 Å². The van der Waals surface area contributed by atoms with Gasteiger partial charge in [-0.3, -0.25) is 9.78 Å². The zero-order chi connectivity index (χ0) is 16.1. The Morgan fingerprint density at radius 2 is 1.91 bits per heavy atom. The van der Waals surface area contributed by atoms with Gasteiger partial charge in [-0.05, 0) is 31.0 Å². The molecule has 1 fully saturated rings. The van der Waals surface area contributed by atoms with E-state index in [1.165, 1.54) is 0 Å². The predicted molar refractivity (Wildman–Crippen MR) is 86.5 cm³/mol. The molecule has 5 heteroatoms. The van der Waals surface area contributed by atoms with Crippen LogP contribution in [0.4, 0.5) is 0 Å². The average molecular weight is 312 g/mol. The van der Waals surface area contributed by atoms with E-state index in [2.05, 4.69) is 10.3 Å². The average Bonchev–Trinajstić information content (AvgIpc) is 3.05. The van der Waals surface area contributed by atoms with Crippen molar-refractivity contribution in [1.29, 1.82) is 0 Å². The summed E-state index contributed by atoms with van der Waals surface area (Å²) in [5.74, 6) is 0.980. The van der Waals surface area contributed by atoms with Crippen LogP contribution in [0.15, 0.2) is 48.7 Å². The molecule has 2 N–H and O–H groups in total. The van der Waals surface area contributed by atoms with Crippen LogP contribution in [0.3, 0.4) is 0 Å². The van der Waals surface area contributed by atoms with Crippen LogP contribution in [0.25, 0.3) is 0 Å². The van der Waals surface area contributed by atoms with Gasteiger partial charge in [0.1, 0.15) is 17.2 Å². The molecular weight excluding hydrogens is 292 g/mol. The minimum atomic E-state index is -0.505. The molecule has 1 saturated carbocycles. The summed E-state index contributed by atoms with van der Waals surface area (Å²) in [6.45, 7) is -0.0427. The highest BCUT2D eigenvalue weighted by Gasteiger charge is 2.35. The summed E-state index contributed by atoms with van der Waals surface area (Å²) in [4.78, 5) is 16.5. The molecule has 0 atom stereocenters. The molecule has 2 aromatic rings. The number of aliphatic hydroxyl groups excluding tert-OH is 1. The Hall–Kier alpha value is -2.40. The highest BCUT2D eigenvalue weighted by Crippen LogP contribution is 2.29. The van der Waals surface area contributed by atoms with Crippen molar-refractivity contribution in [2.45, 2.75) is 31.2 Å². The van der Waals surface area contributed by atoms with Gasteiger partial charge in [0.15, 0.2) is 0 Å². The lowest BCUT2D eigenvalue weighted by atomic mass is 9.98. The standard InChI is InChI=1S/C18H20N2O3/c21-13-18(9-4-5-10-18)20-17(22)16-12-15(8-11-19-16)23-14-6-2-1-3-7-14/h1-3,6-8,11-12,21H,4-5,9-10,13H2,(H,20,22). The van der Waals surface area contributed by atoms with E-state index in [4.69, 9.17) is 4.74 Å². The molecule has 1 aliphatic carbocycles. The third-order valence-corrected chi connectivity index (χ3v) is 4.18. The van der Waals surface area contributed by atoms with Gasteiger partial charge in [-0.25, -0.2) is 0 Å². The van der Waals surface area contributed by atoms with Gasteiger partial charge in [0.25, 0.3) is 5.91 Å². The highest BCUT2D eigenvalue weighted by molar-refractivity contribution is 5.93. The number of ether oxygens (including phenoxy) is 1. The summed E-state index contributed by atoms with van der Waals surface area (Å²) in [7, 11) is 0. The van der Waals surface area contributed by atoms with E-state index in [1.807, 2.05) is 30.3 Å². The Morgan fingerprint density at radius 1 is 1.17 bits per heavy atom. The SMILES string of the molecule is O=C(NC1(CO)CCCC1)c1cc(Oc2ccccc2)ccn1. The van der Waals surface area contributed by atoms with Gasteiger partial charge >= 0.3 is 0 Å². The molecule has 0 spiro atoms. The molecule has 0 bridgehead atoms. The van der Waals surface area contributed by atoms with Gasteiger partial charge in [0, 0.05) is 12.3 Å². The molecule has 0 saturated heterocycles. The van der Waals surface area contributed by atoms with Crippen molar-refractivity contribution in [3.05, 3.63) is 54.4 Å². The van der Waals surface area contributed by atoms with Crippen LogP contribution in [-0.2, 0) is 0 Å². The third kappa shape index (κ3) is 3.68. The van der Waals surface area contributed by atoms with E-state index in [1.54, 1.807) is 18.3 Å². The van der Waals surface area contributed by atoms with E-state index >= 15 is 0 Å². The first kappa shape index (κ1) is 15.5. The number of amides is 1. The number of aliphatic hydroxyl groups is 1. The minimum Gasteiger partial charge on any atom is -0.457 e. The maximum atomic E-state index is 12.4. The van der Waals surface area contributed by atoms with Gasteiger partial charge in [0.2, 0.25) is 0 Å². The van der Waals surface area contributed by atoms with Crippen LogP contribution in [0.2, 0.25) is 0 Å². The molecule has 5 nitrogen and oxygen atoms in total. The number of pyridine rings is 1. The van der Waals surface area contributed by atoms with E-state index in [-0.39, 0.29) is 18.2 Å². The predicted octanol–water partition coefficient (Wildman–Crippen LogP) is 2.91. The number of carbonyl (C=O) groups excluding carboxylic acids is 1. The van der Waals surface area contributed by atoms with E-state index in [0.29, 0.717) is 11.5 Å². The Bertz CT molecular complexity index is 667. The first-order chi connectivity index (χ1) is 11.2. The number of nitrogens with zero attached hydrogens (tertiary/aromatic N) is 1. The van der Waals surface area contributed by atoms with E-state index < -0.39 is 5.54 Å². The fourth-order valence-corrected chi connectivity index (χ4v) is 2.90. The summed E-state index contributed by atoms with van der Waals surface area (Å²) < 4.78 is 5.72. The van der Waals surface area contributed by atoms with Crippen LogP contribution >= 0.6 is 0 Å². The number of hydrogen-bond donors (Lipinski definition) is 2. The third-order valence-electron chi connectivity index (χ3n) is 4.18. The molecule has 1 aromatic carbocycles. The Morgan fingerprint density at radius 3 is 2.61 bits per heavy atom. The van der Waals surface area contributed by atoms with E-state index in [0.717, 1.165) is 25.7 Å². The lowest BCUT2D eigenvalue weighted by molar-refractivity contribution is 0.0833. The summed E-state index contributed by atoms with van der Waals surface area (Å²) >= 11 is 0. The largest absolute Gasteiger partial charge is 0.457 e. The second-order valence-corrected chi connectivity index (χ2v) is 5.89. The number of benzene rings is 1. The van der Waals surface area contributed by atoms with Crippen LogP contribution in [0.1, 0.15) is 36.2 Å². The lowest BCUT2D eigenvalue weighted by Gasteiger charge is -2.27. The molecule has 0 radical (unpaired) electrons. The molecule has 23 heavy (non-hydrogen) atoms. The molecule has 3 rings (SSSR count). The van der Waals surface area contributed by atoms with Crippen molar-refractivity contribution in [3.8, 4) is 11.5 Å². The molecule has 1 amide bonds. The second-order valence-electron chi connectivity index (χ2n) is 5.89. The van der Waals surface area contributed by atoms with Crippen LogP contribution < -0.4 is 10.1 Å². The first-order valence-electron chi connectivity index (χ1n) is 7.83. The molecule has 0 unspecified atom stereocenters. The Labute approximate surface area is 135 Å². The summed E-state index contributed by atoms with van der Waals surface area (Å²) in [5, 5.41) is 12.5. The maximum Gasteiger partial charge on any atom is 0.270 e. The van der Waals surface area contributed by atoms with Crippen molar-refractivity contribution < 1.29 is 14.6 Å². The number of aromatic nitrogens is 1. The van der Waals surface area contributed by atoms with Gasteiger partial charge in [0.05, 0.1) is 12.1 Å². The van der Waals surface area contributed by atoms with Gasteiger partial charge in [-0.15, -0.1) is 0 Å². The maximum absolute atomic E-state index is 12.4. The summed E-state index contributed by atoms with van der Waals surface area (Å²) in [5.41, 5.74) is -0.215. The van der Waals surface area contributed by atoms with Crippen LogP contribution in [0, 0.1) is 0 Å². The van der Waals surface area contributed by atoms with Crippen molar-refractivity contribution in [2.24, 2.45) is 0 Å². The monoisotopic (exact) mass is 312 g/mol. The van der Waals surface area contributed by atoms with E-state index in [9.17, 15) is 9.90 Å². The molecular formula is C18H20N2O3. The second kappa shape index (κ2) is 6.79. The fourth-order valence-electron chi connectivity index (χ4n) is 2.90. The Kier molecular flexibility index (Phi) is 4.57. The van der Waals surface area contributed by atoms with Gasteiger partial charge < -0.3 is 15.2 Å². The first-order valence-corrected chi connectivity index (χ1v) is 7.83. The number of para-hydroxylation sites is 1. The van der Waals surface area contributed by atoms with Crippen molar-refractivity contribution in [1.82, 2.24) is 10.3 Å². The normalized spacial score (nSPS) is 16.0. The number of nitrogens with one attached hydrogen (secondary N) is 1. The fraction of sp³-hybridized carbons (Fsp3) is 0.333. The molecule has 1 aromatic heterocycles. The Balaban J connectivity index is 1.73. The van der Waals surface area contributed by atoms with Crippen molar-refractivity contribution in [3.63, 3.8) is 0 Å². The zero-order valence-corrected chi connectivity index (χ0v) is 12.9. The minimum absolute atomic E-state index is 0.0427. The smallest absolute Gasteiger partial charge is 0.270 e.